The lowest BCUT2D eigenvalue weighted by Gasteiger charge is -2.22. The fraction of sp³-hybridized carbons (Fsp3) is 0.500. The van der Waals surface area contributed by atoms with Crippen LogP contribution in [0, 0.1) is 0 Å². The molecule has 0 fully saturated rings. The third-order valence-electron chi connectivity index (χ3n) is 2.13. The fourth-order valence-corrected chi connectivity index (χ4v) is 1.60. The maximum Gasteiger partial charge on any atom is 0.359 e. The number of carboxylic acids is 2. The molecule has 0 radical (unpaired) electrons. The first-order chi connectivity index (χ1) is 8.82. The average Bonchev–Trinajstić information content (AvgIpc) is 2.23. The molecule has 0 spiro atoms. The van der Waals surface area contributed by atoms with Gasteiger partial charge in [0.05, 0.1) is 6.42 Å². The predicted octanol–water partition coefficient (Wildman–Crippen LogP) is -2.41. The zero-order valence-electron chi connectivity index (χ0n) is 9.97. The van der Waals surface area contributed by atoms with Crippen LogP contribution in [-0.2, 0) is 34.0 Å². The number of ether oxygens (including phenoxy) is 1. The lowest BCUT2D eigenvalue weighted by Crippen LogP contribution is -2.50. The van der Waals surface area contributed by atoms with Crippen LogP contribution in [0.25, 0.3) is 0 Å². The molecule has 0 saturated carbocycles. The van der Waals surface area contributed by atoms with Crippen LogP contribution >= 0.6 is 0 Å². The molecule has 1 amide bonds. The molecule has 0 saturated heterocycles. The summed E-state index contributed by atoms with van der Waals surface area (Å²) in [6.07, 6.45) is -1.20. The normalized spacial score (nSPS) is 13.3. The van der Waals surface area contributed by atoms with Gasteiger partial charge in [-0.25, -0.2) is 9.59 Å². The van der Waals surface area contributed by atoms with Crippen molar-refractivity contribution in [2.45, 2.75) is 24.2 Å². The van der Waals surface area contributed by atoms with Gasteiger partial charge in [-0.1, -0.05) is 0 Å². The van der Waals surface area contributed by atoms with Crippen LogP contribution < -0.4 is 5.73 Å². The number of hydrogen-bond donors (Lipinski definition) is 4. The summed E-state index contributed by atoms with van der Waals surface area (Å²) in [4.78, 5) is 43.5. The van der Waals surface area contributed by atoms with Crippen LogP contribution in [0.1, 0.15) is 13.3 Å². The van der Waals surface area contributed by atoms with Crippen LogP contribution in [0.15, 0.2) is 0 Å². The fourth-order valence-electron chi connectivity index (χ4n) is 0.939. The van der Waals surface area contributed by atoms with Crippen molar-refractivity contribution < 1.29 is 47.1 Å². The molecule has 0 aromatic heterocycles. The molecule has 11 nitrogen and oxygen atoms in total. The Labute approximate surface area is 112 Å². The Balaban J connectivity index is 5.45. The van der Waals surface area contributed by atoms with Gasteiger partial charge in [-0.15, -0.1) is 0 Å². The highest BCUT2D eigenvalue weighted by atomic mass is 32.2. The minimum atomic E-state index is -5.14. The zero-order valence-corrected chi connectivity index (χ0v) is 10.8. The van der Waals surface area contributed by atoms with E-state index in [0.29, 0.717) is 6.92 Å². The Morgan fingerprint density at radius 2 is 1.60 bits per heavy atom. The van der Waals surface area contributed by atoms with Gasteiger partial charge in [0.25, 0.3) is 10.1 Å². The smallest absolute Gasteiger partial charge is 0.359 e. The van der Waals surface area contributed by atoms with E-state index in [1.807, 2.05) is 0 Å². The number of amides is 1. The van der Waals surface area contributed by atoms with Crippen molar-refractivity contribution in [3.63, 3.8) is 0 Å². The zero-order chi connectivity index (χ0) is 16.3. The molecule has 0 aromatic rings. The summed E-state index contributed by atoms with van der Waals surface area (Å²) in [5.74, 6) is -7.42. The number of carbonyl (C=O) groups is 4. The van der Waals surface area contributed by atoms with Gasteiger partial charge in [0.15, 0.2) is 5.25 Å². The highest BCUT2D eigenvalue weighted by molar-refractivity contribution is 7.87. The molecule has 12 heteroatoms. The number of carboxylic acid groups (broad SMARTS) is 2. The maximum atomic E-state index is 11.5. The molecule has 1 unspecified atom stereocenters. The molecule has 0 aliphatic heterocycles. The summed E-state index contributed by atoms with van der Waals surface area (Å²) in [7, 11) is -5.14. The van der Waals surface area contributed by atoms with Gasteiger partial charge >= 0.3 is 23.5 Å². The molecule has 0 bridgehead atoms. The Hall–Kier alpha value is -2.21. The lowest BCUT2D eigenvalue weighted by molar-refractivity contribution is -0.188. The van der Waals surface area contributed by atoms with Crippen molar-refractivity contribution in [2.24, 2.45) is 5.73 Å². The van der Waals surface area contributed by atoms with E-state index in [1.54, 1.807) is 0 Å². The highest BCUT2D eigenvalue weighted by Crippen LogP contribution is 2.16. The number of rotatable bonds is 7. The Morgan fingerprint density at radius 3 is 1.85 bits per heavy atom. The maximum absolute atomic E-state index is 11.5. The first-order valence-corrected chi connectivity index (χ1v) is 6.27. The van der Waals surface area contributed by atoms with E-state index in [1.165, 1.54) is 0 Å². The third kappa shape index (κ3) is 4.17. The monoisotopic (exact) mass is 313 g/mol. The first-order valence-electron chi connectivity index (χ1n) is 4.76. The Kier molecular flexibility index (Phi) is 5.19. The average molecular weight is 313 g/mol. The van der Waals surface area contributed by atoms with Gasteiger partial charge in [0.2, 0.25) is 5.91 Å². The van der Waals surface area contributed by atoms with Crippen LogP contribution in [0.4, 0.5) is 0 Å². The molecular weight excluding hydrogens is 302 g/mol. The highest BCUT2D eigenvalue weighted by Gasteiger charge is 2.49. The quantitative estimate of drug-likeness (QED) is 0.223. The summed E-state index contributed by atoms with van der Waals surface area (Å²) in [5.41, 5.74) is 1.57. The Morgan fingerprint density at radius 1 is 1.20 bits per heavy atom. The molecule has 0 heterocycles. The van der Waals surface area contributed by atoms with Gasteiger partial charge in [0, 0.05) is 0 Å². The molecular formula is C8H11NO10S. The van der Waals surface area contributed by atoms with Gasteiger partial charge in [-0.2, -0.15) is 8.42 Å². The number of esters is 1. The van der Waals surface area contributed by atoms with Crippen molar-refractivity contribution in [1.82, 2.24) is 0 Å². The van der Waals surface area contributed by atoms with Crippen LogP contribution in [0.2, 0.25) is 0 Å². The predicted molar refractivity (Wildman–Crippen MR) is 58.9 cm³/mol. The molecule has 0 aromatic carbocycles. The number of aliphatic carboxylic acids is 2. The van der Waals surface area contributed by atoms with Crippen molar-refractivity contribution in [3.05, 3.63) is 0 Å². The number of hydrogen-bond acceptors (Lipinski definition) is 7. The second-order valence-corrected chi connectivity index (χ2v) is 5.34. The molecule has 5 N–H and O–H groups in total. The van der Waals surface area contributed by atoms with Crippen LogP contribution in [0.5, 0.6) is 0 Å². The summed E-state index contributed by atoms with van der Waals surface area (Å²) in [6, 6.07) is 0. The van der Waals surface area contributed by atoms with Gasteiger partial charge < -0.3 is 20.7 Å². The van der Waals surface area contributed by atoms with Crippen molar-refractivity contribution >= 4 is 33.9 Å². The van der Waals surface area contributed by atoms with E-state index in [4.69, 9.17) is 14.8 Å². The van der Waals surface area contributed by atoms with Gasteiger partial charge in [-0.3, -0.25) is 14.1 Å². The number of nitrogens with two attached hydrogens (primary N) is 1. The van der Waals surface area contributed by atoms with Crippen molar-refractivity contribution in [2.75, 3.05) is 0 Å². The van der Waals surface area contributed by atoms with E-state index in [9.17, 15) is 27.6 Å². The van der Waals surface area contributed by atoms with E-state index in [2.05, 4.69) is 10.5 Å². The summed E-state index contributed by atoms with van der Waals surface area (Å²) < 4.78 is 34.6. The molecule has 114 valence electrons. The minimum Gasteiger partial charge on any atom is -0.478 e. The van der Waals surface area contributed by atoms with Gasteiger partial charge in [-0.05, 0) is 6.92 Å². The van der Waals surface area contributed by atoms with Crippen molar-refractivity contribution in [3.8, 4) is 0 Å². The Bertz CT molecular complexity index is 536. The van der Waals surface area contributed by atoms with E-state index >= 15 is 0 Å². The minimum absolute atomic E-state index is 0.473. The largest absolute Gasteiger partial charge is 0.478 e. The summed E-state index contributed by atoms with van der Waals surface area (Å²) >= 11 is 0. The third-order valence-corrected chi connectivity index (χ3v) is 3.21. The standard InChI is InChI=1S/C8H11NO10S/c1-8(6(12)13,7(14)15)19-5(11)3(2-4(9)10)20(16,17)18/h3H,2H2,1H3,(H2,9,10)(H,12,13)(H,14,15)(H,16,17,18). The molecule has 0 rings (SSSR count). The first kappa shape index (κ1) is 17.8. The second kappa shape index (κ2) is 5.83. The molecule has 0 aliphatic rings. The molecule has 20 heavy (non-hydrogen) atoms. The SMILES string of the molecule is CC(OC(=O)C(CC(N)=O)S(=O)(=O)O)(C(=O)O)C(=O)O. The van der Waals surface area contributed by atoms with Crippen LogP contribution in [0.3, 0.4) is 0 Å². The summed E-state index contributed by atoms with van der Waals surface area (Å²) in [6.45, 7) is 0.473. The number of carbonyl (C=O) groups excluding carboxylic acids is 2. The summed E-state index contributed by atoms with van der Waals surface area (Å²) in [5, 5.41) is 14.8. The lowest BCUT2D eigenvalue weighted by atomic mass is 10.1. The van der Waals surface area contributed by atoms with Crippen LogP contribution in [-0.4, -0.2) is 57.8 Å². The van der Waals surface area contributed by atoms with Gasteiger partial charge in [0.1, 0.15) is 0 Å². The molecule has 0 aliphatic carbocycles. The van der Waals surface area contributed by atoms with E-state index < -0.39 is 51.2 Å². The van der Waals surface area contributed by atoms with E-state index in [-0.39, 0.29) is 0 Å². The topological polar surface area (TPSA) is 198 Å². The van der Waals surface area contributed by atoms with Crippen molar-refractivity contribution in [1.29, 1.82) is 0 Å². The second-order valence-electron chi connectivity index (χ2n) is 3.74. The number of primary amides is 1. The molecule has 1 atom stereocenters. The van der Waals surface area contributed by atoms with E-state index in [0.717, 1.165) is 0 Å².